The summed E-state index contributed by atoms with van der Waals surface area (Å²) in [7, 11) is -2.72. The number of hydrogen-bond donors (Lipinski definition) is 0. The molecule has 13 heavy (non-hydrogen) atoms. The van der Waals surface area contributed by atoms with Gasteiger partial charge in [-0.25, -0.2) is 8.42 Å². The van der Waals surface area contributed by atoms with Crippen LogP contribution in [0.1, 0.15) is 26.7 Å². The fourth-order valence-electron chi connectivity index (χ4n) is 4.23. The molecule has 3 heteroatoms. The van der Waals surface area contributed by atoms with Crippen LogP contribution >= 0.6 is 0 Å². The highest BCUT2D eigenvalue weighted by atomic mass is 32.2. The second-order valence-electron chi connectivity index (χ2n) is 5.57. The molecule has 0 aromatic heterocycles. The molecule has 3 fully saturated rings. The van der Waals surface area contributed by atoms with Crippen LogP contribution in [0, 0.1) is 23.2 Å². The Balaban J connectivity index is 2.16. The van der Waals surface area contributed by atoms with Crippen LogP contribution in [0.5, 0.6) is 0 Å². The Kier molecular flexibility index (Phi) is 1.26. The van der Waals surface area contributed by atoms with Gasteiger partial charge in [0, 0.05) is 0 Å². The summed E-state index contributed by atoms with van der Waals surface area (Å²) in [5.74, 6) is 1.92. The molecule has 2 saturated carbocycles. The van der Waals surface area contributed by atoms with Gasteiger partial charge in [0.2, 0.25) is 0 Å². The summed E-state index contributed by atoms with van der Waals surface area (Å²) >= 11 is 0. The molecule has 2 nitrogen and oxygen atoms in total. The van der Waals surface area contributed by atoms with E-state index in [9.17, 15) is 8.42 Å². The first kappa shape index (κ1) is 8.27. The van der Waals surface area contributed by atoms with E-state index >= 15 is 0 Å². The summed E-state index contributed by atoms with van der Waals surface area (Å²) in [5.41, 5.74) is 0.351. The smallest absolute Gasteiger partial charge is 0.154 e. The van der Waals surface area contributed by atoms with Gasteiger partial charge in [0.25, 0.3) is 0 Å². The van der Waals surface area contributed by atoms with E-state index < -0.39 is 9.84 Å². The van der Waals surface area contributed by atoms with Crippen molar-refractivity contribution in [2.24, 2.45) is 23.2 Å². The zero-order valence-corrected chi connectivity index (χ0v) is 8.97. The summed E-state index contributed by atoms with van der Waals surface area (Å²) < 4.78 is 23.7. The van der Waals surface area contributed by atoms with Gasteiger partial charge in [0.05, 0.1) is 11.0 Å². The van der Waals surface area contributed by atoms with Crippen LogP contribution in [0.2, 0.25) is 0 Å². The van der Waals surface area contributed by atoms with Gasteiger partial charge in [-0.1, -0.05) is 13.8 Å². The Bertz CT molecular complexity index is 353. The fourth-order valence-corrected chi connectivity index (χ4v) is 7.22. The zero-order valence-electron chi connectivity index (χ0n) is 8.16. The molecule has 74 valence electrons. The molecule has 5 unspecified atom stereocenters. The van der Waals surface area contributed by atoms with E-state index in [1.807, 2.05) is 0 Å². The van der Waals surface area contributed by atoms with Crippen LogP contribution in [0.15, 0.2) is 0 Å². The summed E-state index contributed by atoms with van der Waals surface area (Å²) in [6, 6.07) is 0. The Hall–Kier alpha value is -0.0500. The van der Waals surface area contributed by atoms with Gasteiger partial charge in [-0.3, -0.25) is 0 Å². The monoisotopic (exact) mass is 200 g/mol. The first-order valence-corrected chi connectivity index (χ1v) is 6.87. The van der Waals surface area contributed by atoms with Crippen molar-refractivity contribution in [3.05, 3.63) is 0 Å². The van der Waals surface area contributed by atoms with Crippen molar-refractivity contribution in [1.82, 2.24) is 0 Å². The molecule has 1 heterocycles. The highest BCUT2D eigenvalue weighted by Gasteiger charge is 2.65. The lowest BCUT2D eigenvalue weighted by atomic mass is 9.75. The maximum Gasteiger partial charge on any atom is 0.154 e. The molecule has 0 amide bonds. The summed E-state index contributed by atoms with van der Waals surface area (Å²) in [6.45, 7) is 4.43. The largest absolute Gasteiger partial charge is 0.229 e. The van der Waals surface area contributed by atoms with E-state index in [0.717, 1.165) is 6.42 Å². The minimum Gasteiger partial charge on any atom is -0.229 e. The van der Waals surface area contributed by atoms with E-state index in [4.69, 9.17) is 0 Å². The standard InChI is InChI=1S/C10H16O2S/c1-6-9-8-4-10(6,2)3-7(8)5-13(9,11)12/h6-9H,3-5H2,1-2H3. The van der Waals surface area contributed by atoms with Gasteiger partial charge >= 0.3 is 0 Å². The SMILES string of the molecule is CC1C2C3CC1(C)CC3CS2(=O)=O. The van der Waals surface area contributed by atoms with Crippen LogP contribution in [-0.4, -0.2) is 19.4 Å². The van der Waals surface area contributed by atoms with E-state index in [1.165, 1.54) is 6.42 Å². The molecule has 1 saturated heterocycles. The second-order valence-corrected chi connectivity index (χ2v) is 7.77. The van der Waals surface area contributed by atoms with Gasteiger partial charge in [0.1, 0.15) is 0 Å². The highest BCUT2D eigenvalue weighted by molar-refractivity contribution is 7.92. The van der Waals surface area contributed by atoms with Crippen molar-refractivity contribution in [3.63, 3.8) is 0 Å². The molecule has 2 aliphatic carbocycles. The molecule has 3 rings (SSSR count). The normalized spacial score (nSPS) is 61.7. The number of fused-ring (bicyclic) bond motifs is 1. The van der Waals surface area contributed by atoms with Crippen LogP contribution in [0.25, 0.3) is 0 Å². The molecular weight excluding hydrogens is 184 g/mol. The molecular formula is C10H16O2S. The summed E-state index contributed by atoms with van der Waals surface area (Å²) in [4.78, 5) is 0. The lowest BCUT2D eigenvalue weighted by Crippen LogP contribution is -2.32. The predicted octanol–water partition coefficient (Wildman–Crippen LogP) is 1.47. The van der Waals surface area contributed by atoms with Crippen molar-refractivity contribution in [2.45, 2.75) is 31.9 Å². The van der Waals surface area contributed by atoms with Crippen LogP contribution in [0.4, 0.5) is 0 Å². The molecule has 0 spiro atoms. The average molecular weight is 200 g/mol. The van der Waals surface area contributed by atoms with E-state index in [0.29, 0.717) is 28.9 Å². The summed E-state index contributed by atoms with van der Waals surface area (Å²) in [5, 5.41) is 0.0243. The topological polar surface area (TPSA) is 34.1 Å². The molecule has 3 aliphatic rings. The van der Waals surface area contributed by atoms with Crippen molar-refractivity contribution in [3.8, 4) is 0 Å². The molecule has 0 radical (unpaired) electrons. The van der Waals surface area contributed by atoms with Gasteiger partial charge in [-0.2, -0.15) is 0 Å². The van der Waals surface area contributed by atoms with Gasteiger partial charge < -0.3 is 0 Å². The van der Waals surface area contributed by atoms with Gasteiger partial charge in [0.15, 0.2) is 9.84 Å². The number of hydrogen-bond acceptors (Lipinski definition) is 2. The van der Waals surface area contributed by atoms with Crippen molar-refractivity contribution < 1.29 is 8.42 Å². The third-order valence-corrected chi connectivity index (χ3v) is 7.39. The maximum absolute atomic E-state index is 11.8. The fraction of sp³-hybridized carbons (Fsp3) is 1.00. The van der Waals surface area contributed by atoms with Crippen molar-refractivity contribution >= 4 is 9.84 Å². The minimum atomic E-state index is -2.72. The quantitative estimate of drug-likeness (QED) is 0.593. The average Bonchev–Trinajstić information content (AvgIpc) is 2.43. The molecule has 1 aliphatic heterocycles. The number of rotatable bonds is 0. The lowest BCUT2D eigenvalue weighted by molar-refractivity contribution is 0.211. The molecule has 0 aromatic rings. The lowest BCUT2D eigenvalue weighted by Gasteiger charge is -2.31. The zero-order chi connectivity index (χ0) is 9.43. The highest BCUT2D eigenvalue weighted by Crippen LogP contribution is 2.65. The Morgan fingerprint density at radius 3 is 2.54 bits per heavy atom. The van der Waals surface area contributed by atoms with Crippen molar-refractivity contribution in [1.29, 1.82) is 0 Å². The van der Waals surface area contributed by atoms with Gasteiger partial charge in [-0.05, 0) is 36.0 Å². The third-order valence-electron chi connectivity index (χ3n) is 4.91. The third kappa shape index (κ3) is 0.780. The predicted molar refractivity (Wildman–Crippen MR) is 51.1 cm³/mol. The van der Waals surface area contributed by atoms with Crippen molar-refractivity contribution in [2.75, 3.05) is 5.75 Å². The summed E-state index contributed by atoms with van der Waals surface area (Å²) in [6.07, 6.45) is 2.33. The Morgan fingerprint density at radius 1 is 1.31 bits per heavy atom. The van der Waals surface area contributed by atoms with E-state index in [-0.39, 0.29) is 5.25 Å². The Morgan fingerprint density at radius 2 is 2.00 bits per heavy atom. The first-order chi connectivity index (χ1) is 5.94. The van der Waals surface area contributed by atoms with Crippen LogP contribution in [-0.2, 0) is 9.84 Å². The van der Waals surface area contributed by atoms with Crippen LogP contribution < -0.4 is 0 Å². The van der Waals surface area contributed by atoms with E-state index in [2.05, 4.69) is 13.8 Å². The minimum absolute atomic E-state index is 0.0243. The second kappa shape index (κ2) is 1.97. The van der Waals surface area contributed by atoms with Crippen LogP contribution in [0.3, 0.4) is 0 Å². The Labute approximate surface area is 79.6 Å². The van der Waals surface area contributed by atoms with Gasteiger partial charge in [-0.15, -0.1) is 0 Å². The molecule has 2 bridgehead atoms. The molecule has 0 N–H and O–H groups in total. The number of sulfone groups is 1. The van der Waals surface area contributed by atoms with E-state index in [1.54, 1.807) is 0 Å². The maximum atomic E-state index is 11.8. The molecule has 5 atom stereocenters. The molecule has 0 aromatic carbocycles. The first-order valence-electron chi connectivity index (χ1n) is 5.16.